The van der Waals surface area contributed by atoms with Gasteiger partial charge in [-0.1, -0.05) is 24.3 Å². The normalized spacial score (nSPS) is 17.9. The Balaban J connectivity index is 1.82. The Morgan fingerprint density at radius 2 is 1.78 bits per heavy atom. The van der Waals surface area contributed by atoms with Gasteiger partial charge >= 0.3 is 6.36 Å². The number of ether oxygens (including phenoxy) is 1. The van der Waals surface area contributed by atoms with Crippen LogP contribution < -0.4 is 10.1 Å². The van der Waals surface area contributed by atoms with Crippen molar-refractivity contribution in [2.75, 3.05) is 5.32 Å². The maximum absolute atomic E-state index is 12.2. The summed E-state index contributed by atoms with van der Waals surface area (Å²) in [4.78, 5) is 12.9. The van der Waals surface area contributed by atoms with Crippen LogP contribution in [-0.4, -0.2) is 12.3 Å². The fourth-order valence-electron chi connectivity index (χ4n) is 2.31. The van der Waals surface area contributed by atoms with Gasteiger partial charge < -0.3 is 10.1 Å². The number of anilines is 1. The number of alkyl halides is 3. The maximum atomic E-state index is 12.2. The van der Waals surface area contributed by atoms with Crippen molar-refractivity contribution in [2.45, 2.75) is 22.9 Å². The van der Waals surface area contributed by atoms with Gasteiger partial charge in [0.25, 0.3) is 0 Å². The van der Waals surface area contributed by atoms with Gasteiger partial charge in [0.15, 0.2) is 0 Å². The summed E-state index contributed by atoms with van der Waals surface area (Å²) in [6.45, 7) is 0. The third-order valence-corrected chi connectivity index (χ3v) is 4.62. The van der Waals surface area contributed by atoms with E-state index in [1.165, 1.54) is 23.9 Å². The Kier molecular flexibility index (Phi) is 4.21. The van der Waals surface area contributed by atoms with Gasteiger partial charge in [-0.3, -0.25) is 4.79 Å². The molecule has 3 nitrogen and oxygen atoms in total. The number of hydrogen-bond acceptors (Lipinski definition) is 3. The van der Waals surface area contributed by atoms with Crippen molar-refractivity contribution >= 4 is 23.4 Å². The fourth-order valence-corrected chi connectivity index (χ4v) is 3.54. The minimum atomic E-state index is -4.71. The van der Waals surface area contributed by atoms with Crippen molar-refractivity contribution in [1.29, 1.82) is 0 Å². The Morgan fingerprint density at radius 3 is 2.48 bits per heavy atom. The van der Waals surface area contributed by atoms with Gasteiger partial charge in [-0.25, -0.2) is 0 Å². The number of benzene rings is 2. The maximum Gasteiger partial charge on any atom is 0.573 e. The standard InChI is InChI=1S/C16H12F3NO2S/c17-16(18,19)22-11-7-5-10(6-8-11)14-9-15(21)20-12-3-1-2-4-13(12)23-14/h1-8,14H,9H2,(H,20,21)/t14-/m0/s1. The Labute approximate surface area is 134 Å². The van der Waals surface area contributed by atoms with Crippen molar-refractivity contribution in [3.63, 3.8) is 0 Å². The van der Waals surface area contributed by atoms with Gasteiger partial charge in [0.1, 0.15) is 5.75 Å². The second-order valence-corrected chi connectivity index (χ2v) is 6.22. The van der Waals surface area contributed by atoms with Crippen molar-refractivity contribution in [3.8, 4) is 5.75 Å². The van der Waals surface area contributed by atoms with Crippen LogP contribution >= 0.6 is 11.8 Å². The number of halogens is 3. The fraction of sp³-hybridized carbons (Fsp3) is 0.188. The smallest absolute Gasteiger partial charge is 0.406 e. The molecule has 1 heterocycles. The summed E-state index contributed by atoms with van der Waals surface area (Å²) in [6, 6.07) is 13.1. The molecule has 1 amide bonds. The van der Waals surface area contributed by atoms with Gasteiger partial charge in [0.2, 0.25) is 5.91 Å². The molecule has 23 heavy (non-hydrogen) atoms. The highest BCUT2D eigenvalue weighted by Crippen LogP contribution is 2.43. The average molecular weight is 339 g/mol. The lowest BCUT2D eigenvalue weighted by Gasteiger charge is -2.15. The second-order valence-electron chi connectivity index (χ2n) is 4.97. The van der Waals surface area contributed by atoms with Gasteiger partial charge in [-0.05, 0) is 29.8 Å². The van der Waals surface area contributed by atoms with Crippen LogP contribution in [0.4, 0.5) is 18.9 Å². The predicted octanol–water partition coefficient (Wildman–Crippen LogP) is 4.76. The number of nitrogens with one attached hydrogen (secondary N) is 1. The molecule has 2 aromatic rings. The van der Waals surface area contributed by atoms with Crippen LogP contribution in [0.15, 0.2) is 53.4 Å². The number of para-hydroxylation sites is 1. The quantitative estimate of drug-likeness (QED) is 0.857. The molecule has 120 valence electrons. The topological polar surface area (TPSA) is 38.3 Å². The van der Waals surface area contributed by atoms with E-state index in [0.29, 0.717) is 0 Å². The van der Waals surface area contributed by atoms with Crippen molar-refractivity contribution in [2.24, 2.45) is 0 Å². The zero-order chi connectivity index (χ0) is 16.4. The van der Waals surface area contributed by atoms with E-state index in [0.717, 1.165) is 16.1 Å². The Bertz CT molecular complexity index is 716. The first-order valence-electron chi connectivity index (χ1n) is 6.82. The molecular weight excluding hydrogens is 327 g/mol. The molecule has 0 saturated heterocycles. The van der Waals surface area contributed by atoms with Crippen LogP contribution in [0.2, 0.25) is 0 Å². The van der Waals surface area contributed by atoms with Crippen LogP contribution in [-0.2, 0) is 4.79 Å². The molecule has 0 unspecified atom stereocenters. The largest absolute Gasteiger partial charge is 0.573 e. The molecule has 0 spiro atoms. The molecule has 3 rings (SSSR count). The van der Waals surface area contributed by atoms with Gasteiger partial charge in [0, 0.05) is 16.6 Å². The van der Waals surface area contributed by atoms with Crippen LogP contribution in [0.25, 0.3) is 0 Å². The summed E-state index contributed by atoms with van der Waals surface area (Å²) in [5, 5.41) is 2.66. The number of rotatable bonds is 2. The minimum Gasteiger partial charge on any atom is -0.406 e. The monoisotopic (exact) mass is 339 g/mol. The summed E-state index contributed by atoms with van der Waals surface area (Å²) in [5.74, 6) is -0.396. The number of amides is 1. The third kappa shape index (κ3) is 3.98. The van der Waals surface area contributed by atoms with E-state index >= 15 is 0 Å². The number of fused-ring (bicyclic) bond motifs is 1. The second kappa shape index (κ2) is 6.16. The van der Waals surface area contributed by atoms with Crippen LogP contribution in [0.3, 0.4) is 0 Å². The summed E-state index contributed by atoms with van der Waals surface area (Å²) >= 11 is 1.51. The molecule has 1 atom stereocenters. The first-order valence-corrected chi connectivity index (χ1v) is 7.70. The van der Waals surface area contributed by atoms with Gasteiger partial charge in [0.05, 0.1) is 5.69 Å². The van der Waals surface area contributed by atoms with Gasteiger partial charge in [-0.15, -0.1) is 24.9 Å². The van der Waals surface area contributed by atoms with E-state index in [1.54, 1.807) is 12.1 Å². The first kappa shape index (κ1) is 15.7. The zero-order valence-corrected chi connectivity index (χ0v) is 12.6. The van der Waals surface area contributed by atoms with Crippen molar-refractivity contribution in [1.82, 2.24) is 0 Å². The summed E-state index contributed by atoms with van der Waals surface area (Å²) in [7, 11) is 0. The summed E-state index contributed by atoms with van der Waals surface area (Å²) in [6.07, 6.45) is -4.46. The third-order valence-electron chi connectivity index (χ3n) is 3.29. The summed E-state index contributed by atoms with van der Waals surface area (Å²) < 4.78 is 40.4. The number of carbonyl (C=O) groups is 1. The first-order chi connectivity index (χ1) is 10.9. The van der Waals surface area contributed by atoms with E-state index in [9.17, 15) is 18.0 Å². The van der Waals surface area contributed by atoms with E-state index in [4.69, 9.17) is 0 Å². The summed E-state index contributed by atoms with van der Waals surface area (Å²) in [5.41, 5.74) is 1.53. The number of hydrogen-bond donors (Lipinski definition) is 1. The molecule has 0 fully saturated rings. The predicted molar refractivity (Wildman–Crippen MR) is 81.4 cm³/mol. The molecule has 1 aliphatic rings. The molecule has 1 aliphatic heterocycles. The lowest BCUT2D eigenvalue weighted by molar-refractivity contribution is -0.274. The zero-order valence-electron chi connectivity index (χ0n) is 11.8. The molecular formula is C16H12F3NO2S. The average Bonchev–Trinajstić information content (AvgIpc) is 2.64. The van der Waals surface area contributed by atoms with E-state index in [-0.39, 0.29) is 23.3 Å². The molecule has 0 aliphatic carbocycles. The van der Waals surface area contributed by atoms with E-state index in [1.807, 2.05) is 24.3 Å². The Hall–Kier alpha value is -2.15. The lowest BCUT2D eigenvalue weighted by Crippen LogP contribution is -2.17. The molecule has 0 radical (unpaired) electrons. The van der Waals surface area contributed by atoms with Crippen LogP contribution in [0.1, 0.15) is 17.2 Å². The lowest BCUT2D eigenvalue weighted by atomic mass is 10.1. The SMILES string of the molecule is O=C1C[C@@H](c2ccc(OC(F)(F)F)cc2)Sc2ccccc2N1. The van der Waals surface area contributed by atoms with Gasteiger partial charge in [-0.2, -0.15) is 0 Å². The molecule has 2 aromatic carbocycles. The van der Waals surface area contributed by atoms with Crippen molar-refractivity contribution in [3.05, 3.63) is 54.1 Å². The number of carbonyl (C=O) groups excluding carboxylic acids is 1. The van der Waals surface area contributed by atoms with E-state index < -0.39 is 6.36 Å². The highest BCUT2D eigenvalue weighted by atomic mass is 32.2. The van der Waals surface area contributed by atoms with E-state index in [2.05, 4.69) is 10.1 Å². The number of thioether (sulfide) groups is 1. The molecule has 0 bridgehead atoms. The highest BCUT2D eigenvalue weighted by molar-refractivity contribution is 7.99. The highest BCUT2D eigenvalue weighted by Gasteiger charge is 2.31. The van der Waals surface area contributed by atoms with Crippen LogP contribution in [0.5, 0.6) is 5.75 Å². The minimum absolute atomic E-state index is 0.122. The Morgan fingerprint density at radius 1 is 1.09 bits per heavy atom. The van der Waals surface area contributed by atoms with Crippen molar-refractivity contribution < 1.29 is 22.7 Å². The molecule has 0 saturated carbocycles. The molecule has 1 N–H and O–H groups in total. The molecule has 7 heteroatoms. The van der Waals surface area contributed by atoms with Crippen LogP contribution in [0, 0.1) is 0 Å². The molecule has 0 aromatic heterocycles.